The second kappa shape index (κ2) is 12.1. The quantitative estimate of drug-likeness (QED) is 0.226. The molecular weight excluding hydrogens is 514 g/mol. The average molecular weight is 546 g/mol. The van der Waals surface area contributed by atoms with E-state index in [0.29, 0.717) is 60.6 Å². The summed E-state index contributed by atoms with van der Waals surface area (Å²) in [6.07, 6.45) is 0. The first kappa shape index (κ1) is 27.1. The van der Waals surface area contributed by atoms with Crippen LogP contribution in [0.3, 0.4) is 0 Å². The van der Waals surface area contributed by atoms with Crippen LogP contribution in [-0.2, 0) is 20.9 Å². The van der Waals surface area contributed by atoms with Crippen LogP contribution >= 0.6 is 0 Å². The maximum Gasteiger partial charge on any atom is 0.295 e. The Balaban J connectivity index is 1.55. The monoisotopic (exact) mass is 545 g/mol. The van der Waals surface area contributed by atoms with E-state index in [4.69, 9.17) is 23.7 Å². The van der Waals surface area contributed by atoms with Gasteiger partial charge in [0.1, 0.15) is 25.6 Å². The standard InChI is InChI=1S/C31H31NO8/c1-3-37-25-17-21(9-11-24(25)40-19-20-7-5-4-6-8-20)28-27(30(34)31(35)32(28)13-14-36-2)29(33)22-10-12-23-26(18-22)39-16-15-38-23/h4-12,17-18,28,33H,3,13-16,19H2,1-2H3/b29-27-. The van der Waals surface area contributed by atoms with Gasteiger partial charge >= 0.3 is 0 Å². The van der Waals surface area contributed by atoms with Crippen LogP contribution < -0.4 is 18.9 Å². The van der Waals surface area contributed by atoms with Gasteiger partial charge in [-0.25, -0.2) is 0 Å². The lowest BCUT2D eigenvalue weighted by molar-refractivity contribution is -0.140. The highest BCUT2D eigenvalue weighted by molar-refractivity contribution is 6.46. The van der Waals surface area contributed by atoms with Crippen LogP contribution in [0.15, 0.2) is 72.3 Å². The van der Waals surface area contributed by atoms with Crippen LogP contribution in [0.5, 0.6) is 23.0 Å². The molecule has 2 heterocycles. The summed E-state index contributed by atoms with van der Waals surface area (Å²) < 4.78 is 28.4. The number of rotatable bonds is 10. The number of carbonyl (C=O) groups excluding carboxylic acids is 2. The molecule has 208 valence electrons. The summed E-state index contributed by atoms with van der Waals surface area (Å²) in [5.41, 5.74) is 1.90. The van der Waals surface area contributed by atoms with E-state index in [-0.39, 0.29) is 24.5 Å². The van der Waals surface area contributed by atoms with E-state index in [1.165, 1.54) is 12.0 Å². The molecule has 0 radical (unpaired) electrons. The number of amides is 1. The molecule has 1 fully saturated rings. The van der Waals surface area contributed by atoms with E-state index in [1.54, 1.807) is 36.4 Å². The van der Waals surface area contributed by atoms with Gasteiger partial charge in [0.15, 0.2) is 23.0 Å². The normalized spacial score (nSPS) is 17.6. The van der Waals surface area contributed by atoms with Crippen molar-refractivity contribution in [1.82, 2.24) is 4.90 Å². The molecule has 9 heteroatoms. The number of Topliss-reactive ketones (excluding diaryl/α,β-unsaturated/α-hetero) is 1. The van der Waals surface area contributed by atoms with Crippen LogP contribution in [0.1, 0.15) is 29.7 Å². The molecule has 0 bridgehead atoms. The summed E-state index contributed by atoms with van der Waals surface area (Å²) in [7, 11) is 1.52. The molecule has 1 amide bonds. The second-order valence-electron chi connectivity index (χ2n) is 9.26. The minimum Gasteiger partial charge on any atom is -0.507 e. The fourth-order valence-electron chi connectivity index (χ4n) is 4.81. The van der Waals surface area contributed by atoms with Gasteiger partial charge in [-0.1, -0.05) is 36.4 Å². The molecule has 1 saturated heterocycles. The third kappa shape index (κ3) is 5.46. The average Bonchev–Trinajstić information content (AvgIpc) is 3.24. The molecule has 0 aromatic heterocycles. The Hall–Kier alpha value is -4.50. The molecule has 3 aromatic rings. The molecule has 2 aliphatic rings. The van der Waals surface area contributed by atoms with Gasteiger partial charge in [0.05, 0.1) is 24.8 Å². The Morgan fingerprint density at radius 2 is 1.73 bits per heavy atom. The second-order valence-corrected chi connectivity index (χ2v) is 9.26. The Labute approximate surface area is 232 Å². The molecule has 5 rings (SSSR count). The molecule has 40 heavy (non-hydrogen) atoms. The zero-order chi connectivity index (χ0) is 28.1. The van der Waals surface area contributed by atoms with Crippen molar-refractivity contribution in [2.45, 2.75) is 19.6 Å². The lowest BCUT2D eigenvalue weighted by atomic mass is 9.94. The van der Waals surface area contributed by atoms with Crippen molar-refractivity contribution >= 4 is 17.4 Å². The van der Waals surface area contributed by atoms with E-state index in [0.717, 1.165) is 5.56 Å². The molecular formula is C31H31NO8. The lowest BCUT2D eigenvalue weighted by Crippen LogP contribution is -2.32. The highest BCUT2D eigenvalue weighted by Gasteiger charge is 2.46. The number of likely N-dealkylation sites (tertiary alicyclic amines) is 1. The number of fused-ring (bicyclic) bond motifs is 1. The van der Waals surface area contributed by atoms with Crippen LogP contribution in [0.25, 0.3) is 5.76 Å². The van der Waals surface area contributed by atoms with E-state index >= 15 is 0 Å². The molecule has 0 aliphatic carbocycles. The third-order valence-electron chi connectivity index (χ3n) is 6.71. The third-order valence-corrected chi connectivity index (χ3v) is 6.71. The Bertz CT molecular complexity index is 1420. The van der Waals surface area contributed by atoms with Crippen LogP contribution in [0.4, 0.5) is 0 Å². The number of carbonyl (C=O) groups is 2. The fourth-order valence-corrected chi connectivity index (χ4v) is 4.81. The molecule has 0 saturated carbocycles. The molecule has 0 spiro atoms. The molecule has 2 aliphatic heterocycles. The molecule has 1 unspecified atom stereocenters. The van der Waals surface area contributed by atoms with E-state index in [1.807, 2.05) is 37.3 Å². The predicted octanol–water partition coefficient (Wildman–Crippen LogP) is 4.50. The number of ketones is 1. The number of aliphatic hydroxyl groups is 1. The van der Waals surface area contributed by atoms with Crippen LogP contribution in [0, 0.1) is 0 Å². The van der Waals surface area contributed by atoms with Gasteiger partial charge < -0.3 is 33.7 Å². The summed E-state index contributed by atoms with van der Waals surface area (Å²) in [5, 5.41) is 11.4. The van der Waals surface area contributed by atoms with Crippen molar-refractivity contribution in [3.63, 3.8) is 0 Å². The van der Waals surface area contributed by atoms with Crippen molar-refractivity contribution in [3.8, 4) is 23.0 Å². The number of ether oxygens (including phenoxy) is 5. The number of nitrogens with zero attached hydrogens (tertiary/aromatic N) is 1. The molecule has 1 N–H and O–H groups in total. The highest BCUT2D eigenvalue weighted by Crippen LogP contribution is 2.43. The van der Waals surface area contributed by atoms with Gasteiger partial charge in [-0.3, -0.25) is 9.59 Å². The first-order valence-corrected chi connectivity index (χ1v) is 13.1. The Morgan fingerprint density at radius 3 is 2.48 bits per heavy atom. The number of hydrogen-bond acceptors (Lipinski definition) is 8. The van der Waals surface area contributed by atoms with Crippen molar-refractivity contribution < 1.29 is 38.4 Å². The van der Waals surface area contributed by atoms with Gasteiger partial charge in [0.25, 0.3) is 11.7 Å². The van der Waals surface area contributed by atoms with Crippen molar-refractivity contribution in [2.24, 2.45) is 0 Å². The zero-order valence-corrected chi connectivity index (χ0v) is 22.4. The molecule has 3 aromatic carbocycles. The van der Waals surface area contributed by atoms with Crippen molar-refractivity contribution in [2.75, 3.05) is 40.1 Å². The van der Waals surface area contributed by atoms with Crippen LogP contribution in [0.2, 0.25) is 0 Å². The van der Waals surface area contributed by atoms with Gasteiger partial charge in [-0.15, -0.1) is 0 Å². The Kier molecular flexibility index (Phi) is 8.21. The number of hydrogen-bond donors (Lipinski definition) is 1. The maximum atomic E-state index is 13.3. The summed E-state index contributed by atoms with van der Waals surface area (Å²) in [4.78, 5) is 27.9. The van der Waals surface area contributed by atoms with Gasteiger partial charge in [0.2, 0.25) is 0 Å². The lowest BCUT2D eigenvalue weighted by Gasteiger charge is -2.26. The SMILES string of the molecule is CCOc1cc(C2/C(=C(/O)c3ccc4c(c3)OCCO4)C(=O)C(=O)N2CCOC)ccc1OCc1ccccc1. The van der Waals surface area contributed by atoms with Gasteiger partial charge in [-0.05, 0) is 48.4 Å². The van der Waals surface area contributed by atoms with E-state index in [9.17, 15) is 14.7 Å². The maximum absolute atomic E-state index is 13.3. The van der Waals surface area contributed by atoms with E-state index < -0.39 is 17.7 Å². The van der Waals surface area contributed by atoms with Gasteiger partial charge in [0, 0.05) is 19.2 Å². The smallest absolute Gasteiger partial charge is 0.295 e. The minimum atomic E-state index is -0.870. The topological polar surface area (TPSA) is 104 Å². The summed E-state index contributed by atoms with van der Waals surface area (Å²) in [6.45, 7) is 3.75. The Morgan fingerprint density at radius 1 is 0.950 bits per heavy atom. The highest BCUT2D eigenvalue weighted by atomic mass is 16.6. The zero-order valence-electron chi connectivity index (χ0n) is 22.4. The first-order chi connectivity index (χ1) is 19.5. The molecule has 1 atom stereocenters. The fraction of sp³-hybridized carbons (Fsp3) is 0.290. The molecule has 9 nitrogen and oxygen atoms in total. The number of aliphatic hydroxyl groups excluding tert-OH is 1. The largest absolute Gasteiger partial charge is 0.507 e. The number of methoxy groups -OCH3 is 1. The predicted molar refractivity (Wildman–Crippen MR) is 147 cm³/mol. The summed E-state index contributed by atoms with van der Waals surface area (Å²) >= 11 is 0. The van der Waals surface area contributed by atoms with Gasteiger partial charge in [-0.2, -0.15) is 0 Å². The van der Waals surface area contributed by atoms with Crippen molar-refractivity contribution in [3.05, 3.63) is 89.0 Å². The summed E-state index contributed by atoms with van der Waals surface area (Å²) in [5.74, 6) is 0.191. The summed E-state index contributed by atoms with van der Waals surface area (Å²) in [6, 6.07) is 19.1. The van der Waals surface area contributed by atoms with Crippen molar-refractivity contribution in [1.29, 1.82) is 0 Å². The van der Waals surface area contributed by atoms with E-state index in [2.05, 4.69) is 0 Å². The first-order valence-electron chi connectivity index (χ1n) is 13.1. The van der Waals surface area contributed by atoms with Crippen LogP contribution in [-0.4, -0.2) is 61.8 Å². The minimum absolute atomic E-state index is 0.0295. The number of benzene rings is 3.